The van der Waals surface area contributed by atoms with Gasteiger partial charge in [-0.3, -0.25) is 9.59 Å². The molecule has 2 rings (SSSR count). The van der Waals surface area contributed by atoms with Crippen LogP contribution < -0.4 is 9.47 Å². The van der Waals surface area contributed by atoms with Crippen molar-refractivity contribution in [3.05, 3.63) is 23.8 Å². The van der Waals surface area contributed by atoms with Crippen LogP contribution in [0.3, 0.4) is 0 Å². The van der Waals surface area contributed by atoms with Crippen LogP contribution >= 0.6 is 0 Å². The van der Waals surface area contributed by atoms with Gasteiger partial charge in [0.1, 0.15) is 0 Å². The number of likely N-dealkylation sites (tertiary alicyclic amines) is 1. The summed E-state index contributed by atoms with van der Waals surface area (Å²) in [4.78, 5) is 25.0. The number of hydrogen-bond donors (Lipinski definition) is 1. The van der Waals surface area contributed by atoms with Crippen molar-refractivity contribution in [2.75, 3.05) is 26.8 Å². The van der Waals surface area contributed by atoms with Crippen LogP contribution in [0.4, 0.5) is 13.2 Å². The minimum Gasteiger partial charge on any atom is -0.493 e. The number of nitrogens with zero attached hydrogens (tertiary/aromatic N) is 1. The van der Waals surface area contributed by atoms with E-state index in [1.165, 1.54) is 19.2 Å². The SMILES string of the molecule is COc1cc(CCC(=O)N2CCCC(C(=O)O)C2)ccc1OCC(F)(F)F. The number of benzene rings is 1. The van der Waals surface area contributed by atoms with E-state index >= 15 is 0 Å². The Bertz CT molecular complexity index is 677. The van der Waals surface area contributed by atoms with Crippen molar-refractivity contribution in [3.63, 3.8) is 0 Å². The van der Waals surface area contributed by atoms with Gasteiger partial charge in [0.15, 0.2) is 18.1 Å². The van der Waals surface area contributed by atoms with E-state index in [9.17, 15) is 22.8 Å². The average molecular weight is 389 g/mol. The molecule has 1 aliphatic rings. The summed E-state index contributed by atoms with van der Waals surface area (Å²) in [7, 11) is 1.32. The van der Waals surface area contributed by atoms with Crippen molar-refractivity contribution in [2.24, 2.45) is 5.92 Å². The maximum Gasteiger partial charge on any atom is 0.422 e. The number of aliphatic carboxylic acids is 1. The molecule has 0 saturated carbocycles. The Hall–Kier alpha value is -2.45. The highest BCUT2D eigenvalue weighted by Crippen LogP contribution is 2.30. The fourth-order valence-electron chi connectivity index (χ4n) is 2.96. The third-order valence-electron chi connectivity index (χ3n) is 4.37. The molecule has 9 heteroatoms. The van der Waals surface area contributed by atoms with Crippen LogP contribution in [-0.2, 0) is 16.0 Å². The quantitative estimate of drug-likeness (QED) is 0.776. The molecule has 27 heavy (non-hydrogen) atoms. The van der Waals surface area contributed by atoms with Gasteiger partial charge in [-0.05, 0) is 37.0 Å². The molecule has 0 bridgehead atoms. The molecule has 1 heterocycles. The van der Waals surface area contributed by atoms with E-state index in [1.54, 1.807) is 11.0 Å². The number of rotatable bonds is 7. The van der Waals surface area contributed by atoms with Crippen molar-refractivity contribution in [1.82, 2.24) is 4.90 Å². The highest BCUT2D eigenvalue weighted by atomic mass is 19.4. The summed E-state index contributed by atoms with van der Waals surface area (Å²) >= 11 is 0. The van der Waals surface area contributed by atoms with Gasteiger partial charge in [-0.25, -0.2) is 0 Å². The summed E-state index contributed by atoms with van der Waals surface area (Å²) < 4.78 is 46.6. The molecule has 6 nitrogen and oxygen atoms in total. The van der Waals surface area contributed by atoms with Gasteiger partial charge in [-0.15, -0.1) is 0 Å². The van der Waals surface area contributed by atoms with Crippen molar-refractivity contribution in [1.29, 1.82) is 0 Å². The Balaban J connectivity index is 1.93. The summed E-state index contributed by atoms with van der Waals surface area (Å²) in [5.74, 6) is -1.43. The topological polar surface area (TPSA) is 76.1 Å². The van der Waals surface area contributed by atoms with Gasteiger partial charge in [-0.2, -0.15) is 13.2 Å². The van der Waals surface area contributed by atoms with Crippen molar-refractivity contribution in [3.8, 4) is 11.5 Å². The molecule has 0 spiro atoms. The minimum absolute atomic E-state index is 0.0229. The van der Waals surface area contributed by atoms with Crippen LogP contribution in [0, 0.1) is 5.92 Å². The van der Waals surface area contributed by atoms with Gasteiger partial charge in [0.25, 0.3) is 0 Å². The van der Waals surface area contributed by atoms with Gasteiger partial charge in [0.2, 0.25) is 5.91 Å². The molecular weight excluding hydrogens is 367 g/mol. The molecule has 1 aromatic carbocycles. The second-order valence-electron chi connectivity index (χ2n) is 6.41. The summed E-state index contributed by atoms with van der Waals surface area (Å²) in [6.45, 7) is -0.668. The number of amides is 1. The number of carboxylic acid groups (broad SMARTS) is 1. The smallest absolute Gasteiger partial charge is 0.422 e. The number of halogens is 3. The average Bonchev–Trinajstić information content (AvgIpc) is 2.64. The number of carbonyl (C=O) groups is 2. The first kappa shape index (κ1) is 20.9. The normalized spacial score (nSPS) is 17.5. The highest BCUT2D eigenvalue weighted by Gasteiger charge is 2.29. The zero-order valence-electron chi connectivity index (χ0n) is 14.9. The molecule has 150 valence electrons. The van der Waals surface area contributed by atoms with E-state index in [-0.39, 0.29) is 30.4 Å². The maximum absolute atomic E-state index is 12.3. The lowest BCUT2D eigenvalue weighted by molar-refractivity contribution is -0.153. The van der Waals surface area contributed by atoms with Crippen LogP contribution in [0.2, 0.25) is 0 Å². The van der Waals surface area contributed by atoms with Crippen LogP contribution in [0.25, 0.3) is 0 Å². The lowest BCUT2D eigenvalue weighted by atomic mass is 9.97. The molecule has 1 N–H and O–H groups in total. The number of carbonyl (C=O) groups excluding carboxylic acids is 1. The lowest BCUT2D eigenvalue weighted by Gasteiger charge is -2.30. The molecule has 1 amide bonds. The molecule has 0 aliphatic carbocycles. The van der Waals surface area contributed by atoms with Crippen molar-refractivity contribution < 1.29 is 37.3 Å². The molecule has 0 radical (unpaired) electrons. The van der Waals surface area contributed by atoms with Gasteiger partial charge < -0.3 is 19.5 Å². The fraction of sp³-hybridized carbons (Fsp3) is 0.556. The minimum atomic E-state index is -4.45. The van der Waals surface area contributed by atoms with Crippen LogP contribution in [0.1, 0.15) is 24.8 Å². The molecule has 1 unspecified atom stereocenters. The molecule has 1 fully saturated rings. The van der Waals surface area contributed by atoms with Crippen LogP contribution in [0.15, 0.2) is 18.2 Å². The molecular formula is C18H22F3NO5. The monoisotopic (exact) mass is 389 g/mol. The Kier molecular flexibility index (Phi) is 6.92. The van der Waals surface area contributed by atoms with E-state index in [4.69, 9.17) is 14.6 Å². The molecule has 1 atom stereocenters. The summed E-state index contributed by atoms with van der Waals surface area (Å²) in [6.07, 6.45) is -2.68. The van der Waals surface area contributed by atoms with Gasteiger partial charge in [0, 0.05) is 19.5 Å². The first-order valence-electron chi connectivity index (χ1n) is 8.56. The standard InChI is InChI=1S/C18H22F3NO5/c1-26-15-9-12(4-6-14(15)27-11-18(19,20)21)5-7-16(23)22-8-2-3-13(10-22)17(24)25/h4,6,9,13H,2-3,5,7-8,10-11H2,1H3,(H,24,25). The number of piperidine rings is 1. The zero-order chi connectivity index (χ0) is 20.0. The Morgan fingerprint density at radius 3 is 2.67 bits per heavy atom. The summed E-state index contributed by atoms with van der Waals surface area (Å²) in [5.41, 5.74) is 0.714. The predicted molar refractivity (Wildman–Crippen MR) is 89.8 cm³/mol. The lowest BCUT2D eigenvalue weighted by Crippen LogP contribution is -2.42. The van der Waals surface area contributed by atoms with Crippen LogP contribution in [0.5, 0.6) is 11.5 Å². The number of aryl methyl sites for hydroxylation is 1. The van der Waals surface area contributed by atoms with E-state index in [1.807, 2.05) is 0 Å². The Morgan fingerprint density at radius 1 is 1.30 bits per heavy atom. The molecule has 1 saturated heterocycles. The van der Waals surface area contributed by atoms with Crippen molar-refractivity contribution in [2.45, 2.75) is 31.9 Å². The number of ether oxygens (including phenoxy) is 2. The third-order valence-corrected chi connectivity index (χ3v) is 4.37. The van der Waals surface area contributed by atoms with Crippen LogP contribution in [-0.4, -0.2) is 54.9 Å². The first-order valence-corrected chi connectivity index (χ1v) is 8.56. The number of hydrogen-bond acceptors (Lipinski definition) is 4. The van der Waals surface area contributed by atoms with E-state index < -0.39 is 24.7 Å². The second kappa shape index (κ2) is 8.96. The van der Waals surface area contributed by atoms with E-state index in [0.29, 0.717) is 31.4 Å². The summed E-state index contributed by atoms with van der Waals surface area (Å²) in [6, 6.07) is 4.50. The van der Waals surface area contributed by atoms with E-state index in [0.717, 1.165) is 0 Å². The van der Waals surface area contributed by atoms with Gasteiger partial charge in [0.05, 0.1) is 13.0 Å². The zero-order valence-corrected chi connectivity index (χ0v) is 14.9. The fourth-order valence-corrected chi connectivity index (χ4v) is 2.96. The van der Waals surface area contributed by atoms with Crippen molar-refractivity contribution >= 4 is 11.9 Å². The summed E-state index contributed by atoms with van der Waals surface area (Å²) in [5, 5.41) is 9.09. The van der Waals surface area contributed by atoms with Gasteiger partial charge >= 0.3 is 12.1 Å². The Morgan fingerprint density at radius 2 is 2.04 bits per heavy atom. The van der Waals surface area contributed by atoms with E-state index in [2.05, 4.69) is 0 Å². The first-order chi connectivity index (χ1) is 12.7. The van der Waals surface area contributed by atoms with Gasteiger partial charge in [-0.1, -0.05) is 6.07 Å². The highest BCUT2D eigenvalue weighted by molar-refractivity contribution is 5.78. The predicted octanol–water partition coefficient (Wildman–Crippen LogP) is 2.89. The second-order valence-corrected chi connectivity index (χ2v) is 6.41. The number of methoxy groups -OCH3 is 1. The number of carboxylic acids is 1. The third kappa shape index (κ3) is 6.33. The molecule has 0 aromatic heterocycles. The maximum atomic E-state index is 12.3. The molecule has 1 aliphatic heterocycles. The number of alkyl halides is 3. The largest absolute Gasteiger partial charge is 0.493 e. The molecule has 1 aromatic rings. The Labute approximate surface area is 154 Å².